The Hall–Kier alpha value is -1.58. The van der Waals surface area contributed by atoms with Gasteiger partial charge in [0.25, 0.3) is 0 Å². The standard InChI is InChI=1S/C11H11FO3/c1-14-11(13)9-4-5-15-10-6-7(12)2-3-8(9)10/h2-3,6,9H,4-5H2,1H3. The molecule has 4 heteroatoms. The van der Waals surface area contributed by atoms with Gasteiger partial charge >= 0.3 is 5.97 Å². The van der Waals surface area contributed by atoms with Crippen molar-refractivity contribution in [3.05, 3.63) is 29.6 Å². The molecular weight excluding hydrogens is 199 g/mol. The number of hydrogen-bond acceptors (Lipinski definition) is 3. The van der Waals surface area contributed by atoms with Crippen molar-refractivity contribution in [3.8, 4) is 5.75 Å². The lowest BCUT2D eigenvalue weighted by atomic mass is 9.93. The van der Waals surface area contributed by atoms with Gasteiger partial charge in [-0.3, -0.25) is 4.79 Å². The number of esters is 1. The molecule has 1 aliphatic rings. The quantitative estimate of drug-likeness (QED) is 0.664. The lowest BCUT2D eigenvalue weighted by Crippen LogP contribution is -2.22. The van der Waals surface area contributed by atoms with Crippen LogP contribution in [0.25, 0.3) is 0 Å². The Bertz CT molecular complexity index is 389. The SMILES string of the molecule is COC(=O)C1CCOc2cc(F)ccc21. The predicted molar refractivity (Wildman–Crippen MR) is 51.3 cm³/mol. The third kappa shape index (κ3) is 1.79. The Balaban J connectivity index is 2.38. The van der Waals surface area contributed by atoms with E-state index in [4.69, 9.17) is 4.74 Å². The molecular formula is C11H11FO3. The number of hydrogen-bond donors (Lipinski definition) is 0. The zero-order valence-electron chi connectivity index (χ0n) is 8.33. The van der Waals surface area contributed by atoms with Gasteiger partial charge in [-0.15, -0.1) is 0 Å². The van der Waals surface area contributed by atoms with Gasteiger partial charge in [0.15, 0.2) is 0 Å². The molecule has 15 heavy (non-hydrogen) atoms. The third-order valence-corrected chi connectivity index (χ3v) is 2.50. The van der Waals surface area contributed by atoms with Gasteiger partial charge in [-0.2, -0.15) is 0 Å². The molecule has 0 saturated carbocycles. The predicted octanol–water partition coefficient (Wildman–Crippen LogP) is 1.86. The highest BCUT2D eigenvalue weighted by molar-refractivity contribution is 5.79. The van der Waals surface area contributed by atoms with E-state index in [1.807, 2.05) is 0 Å². The summed E-state index contributed by atoms with van der Waals surface area (Å²) in [6.45, 7) is 0.413. The molecule has 3 nitrogen and oxygen atoms in total. The molecule has 1 aliphatic heterocycles. The van der Waals surface area contributed by atoms with Gasteiger partial charge in [0.05, 0.1) is 19.6 Å². The normalized spacial score (nSPS) is 18.9. The molecule has 1 unspecified atom stereocenters. The van der Waals surface area contributed by atoms with E-state index in [1.54, 1.807) is 6.07 Å². The van der Waals surface area contributed by atoms with Crippen LogP contribution in [-0.4, -0.2) is 19.7 Å². The molecule has 0 aliphatic carbocycles. The van der Waals surface area contributed by atoms with Crippen molar-refractivity contribution in [2.24, 2.45) is 0 Å². The first-order valence-corrected chi connectivity index (χ1v) is 4.72. The van der Waals surface area contributed by atoms with E-state index < -0.39 is 0 Å². The largest absolute Gasteiger partial charge is 0.493 e. The highest BCUT2D eigenvalue weighted by atomic mass is 19.1. The topological polar surface area (TPSA) is 35.5 Å². The molecule has 1 aromatic rings. The first kappa shape index (κ1) is 9.96. The number of benzene rings is 1. The molecule has 80 valence electrons. The van der Waals surface area contributed by atoms with Gasteiger partial charge in [-0.05, 0) is 12.5 Å². The second-order valence-corrected chi connectivity index (χ2v) is 3.40. The molecule has 0 amide bonds. The fourth-order valence-electron chi connectivity index (χ4n) is 1.75. The molecule has 1 heterocycles. The van der Waals surface area contributed by atoms with Gasteiger partial charge in [-0.25, -0.2) is 4.39 Å². The van der Waals surface area contributed by atoms with E-state index in [-0.39, 0.29) is 17.7 Å². The summed E-state index contributed by atoms with van der Waals surface area (Å²) in [7, 11) is 1.35. The van der Waals surface area contributed by atoms with E-state index in [0.717, 1.165) is 0 Å². The van der Waals surface area contributed by atoms with Crippen molar-refractivity contribution in [1.29, 1.82) is 0 Å². The monoisotopic (exact) mass is 210 g/mol. The van der Waals surface area contributed by atoms with Crippen molar-refractivity contribution >= 4 is 5.97 Å². The first-order chi connectivity index (χ1) is 7.22. The second kappa shape index (κ2) is 3.88. The maximum absolute atomic E-state index is 12.9. The first-order valence-electron chi connectivity index (χ1n) is 4.72. The summed E-state index contributed by atoms with van der Waals surface area (Å²) in [5, 5.41) is 0. The number of fused-ring (bicyclic) bond motifs is 1. The Labute approximate surface area is 86.8 Å². The van der Waals surface area contributed by atoms with Crippen LogP contribution < -0.4 is 4.74 Å². The Kier molecular flexibility index (Phi) is 2.58. The number of carbonyl (C=O) groups is 1. The van der Waals surface area contributed by atoms with E-state index in [0.29, 0.717) is 24.3 Å². The Morgan fingerprint density at radius 1 is 1.60 bits per heavy atom. The maximum atomic E-state index is 12.9. The van der Waals surface area contributed by atoms with Gasteiger partial charge in [-0.1, -0.05) is 6.07 Å². The van der Waals surface area contributed by atoms with Gasteiger partial charge in [0.1, 0.15) is 11.6 Å². The van der Waals surface area contributed by atoms with E-state index >= 15 is 0 Å². The maximum Gasteiger partial charge on any atom is 0.313 e. The van der Waals surface area contributed by atoms with Crippen LogP contribution in [0.1, 0.15) is 17.9 Å². The minimum atomic E-state index is -0.362. The summed E-state index contributed by atoms with van der Waals surface area (Å²) in [6, 6.07) is 4.19. The van der Waals surface area contributed by atoms with Crippen LogP contribution in [0.5, 0.6) is 5.75 Å². The third-order valence-electron chi connectivity index (χ3n) is 2.50. The molecule has 0 radical (unpaired) electrons. The number of carbonyl (C=O) groups excluding carboxylic acids is 1. The minimum Gasteiger partial charge on any atom is -0.493 e. The lowest BCUT2D eigenvalue weighted by Gasteiger charge is -2.23. The van der Waals surface area contributed by atoms with Crippen LogP contribution in [0.3, 0.4) is 0 Å². The summed E-state index contributed by atoms with van der Waals surface area (Å²) in [6.07, 6.45) is 0.575. The number of ether oxygens (including phenoxy) is 2. The average molecular weight is 210 g/mol. The van der Waals surface area contributed by atoms with Crippen molar-refractivity contribution in [1.82, 2.24) is 0 Å². The molecule has 0 spiro atoms. The fourth-order valence-corrected chi connectivity index (χ4v) is 1.75. The van der Waals surface area contributed by atoms with Crippen molar-refractivity contribution in [3.63, 3.8) is 0 Å². The van der Waals surface area contributed by atoms with Crippen LogP contribution in [0, 0.1) is 5.82 Å². The summed E-state index contributed by atoms with van der Waals surface area (Å²) in [4.78, 5) is 11.4. The zero-order chi connectivity index (χ0) is 10.8. The molecule has 1 aromatic carbocycles. The van der Waals surface area contributed by atoms with Gasteiger partial charge in [0, 0.05) is 11.6 Å². The van der Waals surface area contributed by atoms with Crippen LogP contribution in [0.4, 0.5) is 4.39 Å². The summed E-state index contributed by atoms with van der Waals surface area (Å²) in [5.41, 5.74) is 0.703. The molecule has 0 fully saturated rings. The highest BCUT2D eigenvalue weighted by Gasteiger charge is 2.28. The second-order valence-electron chi connectivity index (χ2n) is 3.40. The van der Waals surface area contributed by atoms with Crippen LogP contribution in [0.2, 0.25) is 0 Å². The Morgan fingerprint density at radius 2 is 2.40 bits per heavy atom. The zero-order valence-corrected chi connectivity index (χ0v) is 8.33. The minimum absolute atomic E-state index is 0.300. The van der Waals surface area contributed by atoms with Crippen molar-refractivity contribution in [2.75, 3.05) is 13.7 Å². The fraction of sp³-hybridized carbons (Fsp3) is 0.364. The van der Waals surface area contributed by atoms with E-state index in [9.17, 15) is 9.18 Å². The van der Waals surface area contributed by atoms with Gasteiger partial charge < -0.3 is 9.47 Å². The number of rotatable bonds is 1. The molecule has 1 atom stereocenters. The molecule has 0 saturated heterocycles. The summed E-state index contributed by atoms with van der Waals surface area (Å²) in [5.74, 6) is -0.554. The lowest BCUT2D eigenvalue weighted by molar-refractivity contribution is -0.143. The van der Waals surface area contributed by atoms with Crippen LogP contribution in [0.15, 0.2) is 18.2 Å². The number of methoxy groups -OCH3 is 1. The van der Waals surface area contributed by atoms with Gasteiger partial charge in [0.2, 0.25) is 0 Å². The molecule has 2 rings (SSSR count). The van der Waals surface area contributed by atoms with Crippen LogP contribution in [-0.2, 0) is 9.53 Å². The smallest absolute Gasteiger partial charge is 0.313 e. The highest BCUT2D eigenvalue weighted by Crippen LogP contribution is 2.34. The average Bonchev–Trinajstić information content (AvgIpc) is 2.26. The molecule has 0 N–H and O–H groups in total. The van der Waals surface area contributed by atoms with Crippen molar-refractivity contribution < 1.29 is 18.7 Å². The number of halogens is 1. The summed E-state index contributed by atoms with van der Waals surface area (Å²) >= 11 is 0. The van der Waals surface area contributed by atoms with E-state index in [1.165, 1.54) is 19.2 Å². The summed E-state index contributed by atoms with van der Waals surface area (Å²) < 4.78 is 22.9. The molecule has 0 bridgehead atoms. The van der Waals surface area contributed by atoms with E-state index in [2.05, 4.69) is 4.74 Å². The molecule has 0 aromatic heterocycles. The van der Waals surface area contributed by atoms with Crippen LogP contribution >= 0.6 is 0 Å². The van der Waals surface area contributed by atoms with Crippen molar-refractivity contribution in [2.45, 2.75) is 12.3 Å². The Morgan fingerprint density at radius 3 is 3.13 bits per heavy atom.